The summed E-state index contributed by atoms with van der Waals surface area (Å²) < 4.78 is 5.51. The molecule has 1 aliphatic carbocycles. The van der Waals surface area contributed by atoms with Crippen molar-refractivity contribution in [1.29, 1.82) is 0 Å². The summed E-state index contributed by atoms with van der Waals surface area (Å²) in [6, 6.07) is 4.34. The monoisotopic (exact) mass is 294 g/mol. The molecule has 1 aromatic heterocycles. The molecule has 1 heterocycles. The van der Waals surface area contributed by atoms with E-state index in [2.05, 4.69) is 4.90 Å². The minimum Gasteiger partial charge on any atom is -0.464 e. The lowest BCUT2D eigenvalue weighted by Gasteiger charge is -2.37. The van der Waals surface area contributed by atoms with E-state index in [9.17, 15) is 4.79 Å². The molecule has 1 aliphatic rings. The van der Waals surface area contributed by atoms with Gasteiger partial charge in [-0.25, -0.2) is 0 Å². The van der Waals surface area contributed by atoms with Crippen molar-refractivity contribution in [3.63, 3.8) is 0 Å². The number of aliphatic hydroxyl groups excluding tert-OH is 1. The Morgan fingerprint density at radius 2 is 2.19 bits per heavy atom. The summed E-state index contributed by atoms with van der Waals surface area (Å²) >= 11 is 0. The molecule has 118 valence electrons. The number of amides is 1. The lowest BCUT2D eigenvalue weighted by Crippen LogP contribution is -2.46. The van der Waals surface area contributed by atoms with E-state index in [-0.39, 0.29) is 12.5 Å². The molecule has 1 amide bonds. The van der Waals surface area contributed by atoms with Gasteiger partial charge in [-0.05, 0) is 38.3 Å². The molecule has 0 spiro atoms. The van der Waals surface area contributed by atoms with E-state index >= 15 is 0 Å². The number of nitrogens with zero attached hydrogens (tertiary/aromatic N) is 2. The fourth-order valence-corrected chi connectivity index (χ4v) is 2.60. The third kappa shape index (κ3) is 4.58. The summed E-state index contributed by atoms with van der Waals surface area (Å²) in [5, 5.41) is 8.99. The number of aryl methyl sites for hydroxylation is 1. The normalized spacial score (nSPS) is 15.2. The van der Waals surface area contributed by atoms with Crippen molar-refractivity contribution in [3.05, 3.63) is 23.7 Å². The molecule has 0 aromatic carbocycles. The van der Waals surface area contributed by atoms with Crippen LogP contribution in [0.1, 0.15) is 37.2 Å². The van der Waals surface area contributed by atoms with Crippen molar-refractivity contribution in [2.24, 2.45) is 0 Å². The summed E-state index contributed by atoms with van der Waals surface area (Å²) in [4.78, 5) is 16.3. The van der Waals surface area contributed by atoms with Crippen LogP contribution in [0.5, 0.6) is 0 Å². The maximum atomic E-state index is 12.4. The molecule has 5 nitrogen and oxygen atoms in total. The molecular formula is C16H26N2O3. The van der Waals surface area contributed by atoms with Crippen LogP contribution in [-0.4, -0.2) is 53.6 Å². The van der Waals surface area contributed by atoms with Crippen molar-refractivity contribution >= 4 is 5.91 Å². The van der Waals surface area contributed by atoms with Gasteiger partial charge < -0.3 is 14.4 Å². The van der Waals surface area contributed by atoms with E-state index in [1.54, 1.807) is 4.90 Å². The fraction of sp³-hybridized carbons (Fsp3) is 0.688. The number of rotatable bonds is 8. The lowest BCUT2D eigenvalue weighted by atomic mass is 9.91. The lowest BCUT2D eigenvalue weighted by molar-refractivity contribution is -0.133. The van der Waals surface area contributed by atoms with Gasteiger partial charge in [-0.1, -0.05) is 6.42 Å². The van der Waals surface area contributed by atoms with E-state index in [1.165, 1.54) is 19.3 Å². The van der Waals surface area contributed by atoms with E-state index in [0.717, 1.165) is 24.5 Å². The Balaban J connectivity index is 1.84. The molecular weight excluding hydrogens is 268 g/mol. The number of likely N-dealkylation sites (N-methyl/N-ethyl adjacent to an activating group) is 1. The highest BCUT2D eigenvalue weighted by Gasteiger charge is 2.27. The van der Waals surface area contributed by atoms with Gasteiger partial charge in [0, 0.05) is 26.2 Å². The van der Waals surface area contributed by atoms with Crippen LogP contribution in [0.4, 0.5) is 0 Å². The number of carbonyl (C=O) groups excluding carboxylic acids is 1. The number of carbonyl (C=O) groups is 1. The second kappa shape index (κ2) is 7.61. The van der Waals surface area contributed by atoms with E-state index in [0.29, 0.717) is 19.1 Å². The van der Waals surface area contributed by atoms with Crippen LogP contribution in [0.25, 0.3) is 0 Å². The van der Waals surface area contributed by atoms with E-state index in [4.69, 9.17) is 9.52 Å². The predicted molar refractivity (Wildman–Crippen MR) is 80.8 cm³/mol. The zero-order valence-corrected chi connectivity index (χ0v) is 13.0. The highest BCUT2D eigenvalue weighted by atomic mass is 16.3. The smallest absolute Gasteiger partial charge is 0.236 e. The molecule has 0 saturated heterocycles. The minimum absolute atomic E-state index is 0.105. The highest BCUT2D eigenvalue weighted by molar-refractivity contribution is 5.78. The van der Waals surface area contributed by atoms with Crippen molar-refractivity contribution < 1.29 is 14.3 Å². The zero-order chi connectivity index (χ0) is 15.2. The summed E-state index contributed by atoms with van der Waals surface area (Å²) in [5.41, 5.74) is 0. The van der Waals surface area contributed by atoms with Crippen LogP contribution in [-0.2, 0) is 11.3 Å². The quantitative estimate of drug-likeness (QED) is 0.794. The first kappa shape index (κ1) is 16.0. The Hall–Kier alpha value is -1.33. The first-order chi connectivity index (χ1) is 10.1. The maximum absolute atomic E-state index is 12.4. The Bertz CT molecular complexity index is 454. The first-order valence-corrected chi connectivity index (χ1v) is 7.74. The predicted octanol–water partition coefficient (Wildman–Crippen LogP) is 1.78. The molecule has 0 unspecified atom stereocenters. The molecule has 0 aliphatic heterocycles. The topological polar surface area (TPSA) is 56.9 Å². The third-order valence-electron chi connectivity index (χ3n) is 4.15. The SMILES string of the molecule is Cc1ccc(CN(C)C(=O)CN(CCCO)C2CCC2)o1. The standard InChI is InChI=1S/C16H26N2O3/c1-13-7-8-15(21-13)11-17(2)16(20)12-18(9-4-10-19)14-5-3-6-14/h7-8,14,19H,3-6,9-12H2,1-2H3. The number of aliphatic hydroxyl groups is 1. The van der Waals surface area contributed by atoms with Crippen LogP contribution in [0, 0.1) is 6.92 Å². The molecule has 1 saturated carbocycles. The van der Waals surface area contributed by atoms with Gasteiger partial charge in [-0.3, -0.25) is 9.69 Å². The van der Waals surface area contributed by atoms with Gasteiger partial charge in [0.25, 0.3) is 0 Å². The number of hydrogen-bond donors (Lipinski definition) is 1. The van der Waals surface area contributed by atoms with Gasteiger partial charge in [0.05, 0.1) is 13.1 Å². The first-order valence-electron chi connectivity index (χ1n) is 7.74. The highest BCUT2D eigenvalue weighted by Crippen LogP contribution is 2.24. The molecule has 1 aromatic rings. The van der Waals surface area contributed by atoms with Gasteiger partial charge in [-0.2, -0.15) is 0 Å². The molecule has 21 heavy (non-hydrogen) atoms. The van der Waals surface area contributed by atoms with E-state index < -0.39 is 0 Å². The Kier molecular flexibility index (Phi) is 5.82. The van der Waals surface area contributed by atoms with E-state index in [1.807, 2.05) is 26.1 Å². The number of hydrogen-bond acceptors (Lipinski definition) is 4. The second-order valence-electron chi connectivity index (χ2n) is 5.89. The Morgan fingerprint density at radius 3 is 2.71 bits per heavy atom. The van der Waals surface area contributed by atoms with Crippen LogP contribution >= 0.6 is 0 Å². The molecule has 1 N–H and O–H groups in total. The molecule has 0 bridgehead atoms. The largest absolute Gasteiger partial charge is 0.464 e. The van der Waals surface area contributed by atoms with Crippen molar-refractivity contribution in [3.8, 4) is 0 Å². The summed E-state index contributed by atoms with van der Waals surface area (Å²) in [6.07, 6.45) is 4.31. The Morgan fingerprint density at radius 1 is 1.43 bits per heavy atom. The van der Waals surface area contributed by atoms with Gasteiger partial charge in [0.2, 0.25) is 5.91 Å². The molecule has 1 fully saturated rings. The zero-order valence-electron chi connectivity index (χ0n) is 13.0. The molecule has 5 heteroatoms. The van der Waals surface area contributed by atoms with Gasteiger partial charge in [0.1, 0.15) is 11.5 Å². The molecule has 0 radical (unpaired) electrons. The van der Waals surface area contributed by atoms with Crippen molar-refractivity contribution in [2.75, 3.05) is 26.7 Å². The maximum Gasteiger partial charge on any atom is 0.236 e. The van der Waals surface area contributed by atoms with Gasteiger partial charge in [-0.15, -0.1) is 0 Å². The average molecular weight is 294 g/mol. The van der Waals surface area contributed by atoms with Gasteiger partial charge in [0.15, 0.2) is 0 Å². The van der Waals surface area contributed by atoms with Crippen LogP contribution in [0.15, 0.2) is 16.5 Å². The minimum atomic E-state index is 0.105. The van der Waals surface area contributed by atoms with Gasteiger partial charge >= 0.3 is 0 Å². The number of furan rings is 1. The second-order valence-corrected chi connectivity index (χ2v) is 5.89. The summed E-state index contributed by atoms with van der Waals surface area (Å²) in [7, 11) is 1.81. The van der Waals surface area contributed by atoms with Crippen LogP contribution < -0.4 is 0 Å². The van der Waals surface area contributed by atoms with Crippen molar-refractivity contribution in [1.82, 2.24) is 9.80 Å². The molecule has 2 rings (SSSR count). The average Bonchev–Trinajstić information content (AvgIpc) is 2.79. The molecule has 0 atom stereocenters. The third-order valence-corrected chi connectivity index (χ3v) is 4.15. The Labute approximate surface area is 126 Å². The van der Waals surface area contributed by atoms with Crippen molar-refractivity contribution in [2.45, 2.75) is 45.2 Å². The van der Waals surface area contributed by atoms with Crippen LogP contribution in [0.3, 0.4) is 0 Å². The summed E-state index contributed by atoms with van der Waals surface area (Å²) in [5.74, 6) is 1.78. The summed E-state index contributed by atoms with van der Waals surface area (Å²) in [6.45, 7) is 3.81. The fourth-order valence-electron chi connectivity index (χ4n) is 2.60. The van der Waals surface area contributed by atoms with Crippen LogP contribution in [0.2, 0.25) is 0 Å².